The van der Waals surface area contributed by atoms with Gasteiger partial charge in [-0.15, -0.1) is 0 Å². The van der Waals surface area contributed by atoms with Gasteiger partial charge in [-0.25, -0.2) is 9.97 Å². The van der Waals surface area contributed by atoms with Crippen molar-refractivity contribution in [1.29, 1.82) is 0 Å². The van der Waals surface area contributed by atoms with Gasteiger partial charge in [0.2, 0.25) is 5.95 Å². The second kappa shape index (κ2) is 4.75. The highest BCUT2D eigenvalue weighted by atomic mass is 16.3. The van der Waals surface area contributed by atoms with Crippen LogP contribution < -0.4 is 5.73 Å². The van der Waals surface area contributed by atoms with Crippen LogP contribution in [0.4, 0.5) is 5.95 Å². The molecule has 2 aromatic rings. The van der Waals surface area contributed by atoms with Gasteiger partial charge in [-0.3, -0.25) is 0 Å². The van der Waals surface area contributed by atoms with Crippen LogP contribution >= 0.6 is 0 Å². The van der Waals surface area contributed by atoms with Crippen molar-refractivity contribution in [1.82, 2.24) is 19.5 Å². The molecule has 1 aliphatic carbocycles. The fourth-order valence-electron chi connectivity index (χ4n) is 2.96. The Bertz CT molecular complexity index is 573. The van der Waals surface area contributed by atoms with Crippen LogP contribution in [0.25, 0.3) is 11.2 Å². The van der Waals surface area contributed by atoms with Crippen LogP contribution in [0.3, 0.4) is 0 Å². The van der Waals surface area contributed by atoms with Crippen molar-refractivity contribution in [3.63, 3.8) is 0 Å². The third kappa shape index (κ3) is 2.04. The van der Waals surface area contributed by atoms with E-state index in [1.54, 1.807) is 12.5 Å². The minimum atomic E-state index is 0.103. The molecule has 0 radical (unpaired) electrons. The molecule has 2 aromatic heterocycles. The van der Waals surface area contributed by atoms with Crippen LogP contribution in [0.2, 0.25) is 0 Å². The Hall–Kier alpha value is -1.73. The molecule has 102 valence electrons. The largest absolute Gasteiger partial charge is 0.396 e. The number of hydrogen-bond acceptors (Lipinski definition) is 6. The zero-order valence-corrected chi connectivity index (χ0v) is 10.5. The summed E-state index contributed by atoms with van der Waals surface area (Å²) in [5.41, 5.74) is 7.04. The van der Waals surface area contributed by atoms with Gasteiger partial charge in [0.15, 0.2) is 5.65 Å². The number of nitrogens with zero attached hydrogens (tertiary/aromatic N) is 4. The number of aromatic nitrogens is 4. The van der Waals surface area contributed by atoms with Gasteiger partial charge in [0.25, 0.3) is 0 Å². The van der Waals surface area contributed by atoms with E-state index in [0.29, 0.717) is 11.2 Å². The van der Waals surface area contributed by atoms with Gasteiger partial charge in [-0.2, -0.15) is 4.98 Å². The molecular weight excluding hydrogens is 246 g/mol. The summed E-state index contributed by atoms with van der Waals surface area (Å²) in [6.45, 7) is 0.205. The first-order valence-corrected chi connectivity index (χ1v) is 6.39. The van der Waals surface area contributed by atoms with Crippen LogP contribution in [0, 0.1) is 11.8 Å². The van der Waals surface area contributed by atoms with Gasteiger partial charge in [-0.1, -0.05) is 0 Å². The molecule has 4 N–H and O–H groups in total. The molecule has 7 nitrogen and oxygen atoms in total. The monoisotopic (exact) mass is 263 g/mol. The van der Waals surface area contributed by atoms with E-state index in [0.717, 1.165) is 12.8 Å². The predicted molar refractivity (Wildman–Crippen MR) is 69.2 cm³/mol. The summed E-state index contributed by atoms with van der Waals surface area (Å²) in [4.78, 5) is 12.4. The summed E-state index contributed by atoms with van der Waals surface area (Å²) < 4.78 is 1.98. The molecule has 19 heavy (non-hydrogen) atoms. The maximum Gasteiger partial charge on any atom is 0.222 e. The lowest BCUT2D eigenvalue weighted by Crippen LogP contribution is -2.15. The van der Waals surface area contributed by atoms with Crippen LogP contribution in [-0.4, -0.2) is 42.9 Å². The molecule has 1 aliphatic rings. The topological polar surface area (TPSA) is 110 Å². The lowest BCUT2D eigenvalue weighted by molar-refractivity contribution is 0.141. The number of rotatable bonds is 3. The number of hydrogen-bond donors (Lipinski definition) is 3. The maximum absolute atomic E-state index is 9.36. The van der Waals surface area contributed by atoms with Gasteiger partial charge in [-0.05, 0) is 24.7 Å². The van der Waals surface area contributed by atoms with Gasteiger partial charge in [0.05, 0.1) is 12.5 Å². The molecule has 3 rings (SSSR count). The summed E-state index contributed by atoms with van der Waals surface area (Å²) in [6.07, 6.45) is 4.97. The van der Waals surface area contributed by atoms with Crippen LogP contribution in [-0.2, 0) is 0 Å². The second-order valence-corrected chi connectivity index (χ2v) is 5.10. The molecule has 0 aliphatic heterocycles. The average Bonchev–Trinajstić information content (AvgIpc) is 3.00. The molecule has 2 atom stereocenters. The third-order valence-corrected chi connectivity index (χ3v) is 4.01. The van der Waals surface area contributed by atoms with Gasteiger partial charge >= 0.3 is 0 Å². The zero-order chi connectivity index (χ0) is 13.4. The summed E-state index contributed by atoms with van der Waals surface area (Å²) in [5, 5.41) is 18.7. The van der Waals surface area contributed by atoms with E-state index in [1.165, 1.54) is 0 Å². The van der Waals surface area contributed by atoms with E-state index in [9.17, 15) is 10.2 Å². The predicted octanol–water partition coefficient (Wildman–Crippen LogP) is -0.0396. The first-order chi connectivity index (χ1) is 9.22. The zero-order valence-electron chi connectivity index (χ0n) is 10.5. The van der Waals surface area contributed by atoms with E-state index in [1.807, 2.05) is 4.57 Å². The molecule has 0 spiro atoms. The Kier molecular flexibility index (Phi) is 3.08. The van der Waals surface area contributed by atoms with Crippen molar-refractivity contribution in [2.45, 2.75) is 18.9 Å². The fraction of sp³-hybridized carbons (Fsp3) is 0.583. The number of fused-ring (bicyclic) bond motifs is 1. The van der Waals surface area contributed by atoms with E-state index in [-0.39, 0.29) is 37.0 Å². The van der Waals surface area contributed by atoms with Crippen LogP contribution in [0.1, 0.15) is 18.9 Å². The highest BCUT2D eigenvalue weighted by Gasteiger charge is 2.34. The Morgan fingerprint density at radius 1 is 1.21 bits per heavy atom. The Balaban J connectivity index is 1.95. The second-order valence-electron chi connectivity index (χ2n) is 5.10. The summed E-state index contributed by atoms with van der Waals surface area (Å²) in [7, 11) is 0. The number of aliphatic hydroxyl groups is 2. The van der Waals surface area contributed by atoms with E-state index in [4.69, 9.17) is 5.73 Å². The summed E-state index contributed by atoms with van der Waals surface area (Å²) in [5.74, 6) is 0.489. The molecule has 2 heterocycles. The molecule has 7 heteroatoms. The molecule has 0 amide bonds. The molecule has 0 saturated heterocycles. The average molecular weight is 263 g/mol. The summed E-state index contributed by atoms with van der Waals surface area (Å²) >= 11 is 0. The van der Waals surface area contributed by atoms with Crippen molar-refractivity contribution in [3.05, 3.63) is 12.5 Å². The minimum absolute atomic E-state index is 0.103. The number of imidazole rings is 1. The van der Waals surface area contributed by atoms with Crippen molar-refractivity contribution < 1.29 is 10.2 Å². The van der Waals surface area contributed by atoms with Crippen molar-refractivity contribution in [3.8, 4) is 0 Å². The highest BCUT2D eigenvalue weighted by molar-refractivity contribution is 5.70. The standard InChI is InChI=1S/C12H17N5O2/c13-12-14-3-10-11(16-12)17(6-15-10)9-1-7(4-18)8(2-9)5-19/h3,6-9,18-19H,1-2,4-5H2,(H2,13,14,16). The first-order valence-electron chi connectivity index (χ1n) is 6.39. The molecule has 1 fully saturated rings. The maximum atomic E-state index is 9.36. The number of nitrogen functional groups attached to an aromatic ring is 1. The molecular formula is C12H17N5O2. The quantitative estimate of drug-likeness (QED) is 0.716. The van der Waals surface area contributed by atoms with E-state index in [2.05, 4.69) is 15.0 Å². The van der Waals surface area contributed by atoms with Gasteiger partial charge in [0.1, 0.15) is 5.52 Å². The van der Waals surface area contributed by atoms with Crippen molar-refractivity contribution >= 4 is 17.1 Å². The van der Waals surface area contributed by atoms with E-state index >= 15 is 0 Å². The van der Waals surface area contributed by atoms with Crippen LogP contribution in [0.15, 0.2) is 12.5 Å². The number of anilines is 1. The van der Waals surface area contributed by atoms with Crippen LogP contribution in [0.5, 0.6) is 0 Å². The Morgan fingerprint density at radius 2 is 1.89 bits per heavy atom. The molecule has 1 saturated carbocycles. The van der Waals surface area contributed by atoms with E-state index < -0.39 is 0 Å². The van der Waals surface area contributed by atoms with Crippen molar-refractivity contribution in [2.24, 2.45) is 11.8 Å². The normalized spacial score (nSPS) is 27.2. The van der Waals surface area contributed by atoms with Crippen molar-refractivity contribution in [2.75, 3.05) is 18.9 Å². The Morgan fingerprint density at radius 3 is 2.53 bits per heavy atom. The molecule has 0 aromatic carbocycles. The summed E-state index contributed by atoms with van der Waals surface area (Å²) in [6, 6.07) is 0.189. The highest BCUT2D eigenvalue weighted by Crippen LogP contribution is 2.39. The SMILES string of the molecule is Nc1ncc2ncn(C3CC(CO)C(CO)C3)c2n1. The third-order valence-electron chi connectivity index (χ3n) is 4.01. The van der Waals surface area contributed by atoms with Gasteiger partial charge < -0.3 is 20.5 Å². The number of aliphatic hydroxyl groups excluding tert-OH is 2. The molecule has 2 unspecified atom stereocenters. The molecule has 0 bridgehead atoms. The van der Waals surface area contributed by atoms with Gasteiger partial charge in [0, 0.05) is 19.3 Å². The smallest absolute Gasteiger partial charge is 0.222 e. The lowest BCUT2D eigenvalue weighted by atomic mass is 9.98. The lowest BCUT2D eigenvalue weighted by Gasteiger charge is -2.12. The Labute approximate surface area is 110 Å². The number of nitrogens with two attached hydrogens (primary N) is 1. The minimum Gasteiger partial charge on any atom is -0.396 e. The first kappa shape index (κ1) is 12.3. The fourth-order valence-corrected chi connectivity index (χ4v) is 2.96.